The highest BCUT2D eigenvalue weighted by atomic mass is 32.2. The molecular weight excluding hydrogens is 226 g/mol. The Morgan fingerprint density at radius 3 is 2.87 bits per heavy atom. The molecule has 0 aromatic rings. The van der Waals surface area contributed by atoms with Crippen LogP contribution < -0.4 is 5.32 Å². The largest absolute Gasteiger partial charge is 0.272 e. The van der Waals surface area contributed by atoms with Gasteiger partial charge in [0.05, 0.1) is 6.04 Å². The van der Waals surface area contributed by atoms with E-state index < -0.39 is 0 Å². The first-order valence-electron chi connectivity index (χ1n) is 5.09. The summed E-state index contributed by atoms with van der Waals surface area (Å²) in [6.07, 6.45) is 10.9. The quantitative estimate of drug-likeness (QED) is 0.350. The fourth-order valence-electron chi connectivity index (χ4n) is 1.80. The molecule has 0 amide bonds. The predicted octanol–water partition coefficient (Wildman–Crippen LogP) is 2.45. The smallest absolute Gasteiger partial charge is 0.183 e. The lowest BCUT2D eigenvalue weighted by molar-refractivity contribution is 0.454. The van der Waals surface area contributed by atoms with Crippen molar-refractivity contribution in [2.45, 2.75) is 37.0 Å². The molecular formula is C10H17N3S2. The summed E-state index contributed by atoms with van der Waals surface area (Å²) in [7, 11) is 0. The third-order valence-electron chi connectivity index (χ3n) is 2.59. The van der Waals surface area contributed by atoms with Crippen molar-refractivity contribution >= 4 is 28.7 Å². The number of nitriles is 1. The van der Waals surface area contributed by atoms with Gasteiger partial charge >= 0.3 is 0 Å². The molecule has 1 aliphatic rings. The van der Waals surface area contributed by atoms with Gasteiger partial charge in [-0.3, -0.25) is 10.3 Å². The Morgan fingerprint density at radius 2 is 2.27 bits per heavy atom. The molecule has 0 aliphatic heterocycles. The number of hydrogen-bond donors (Lipinski definition) is 1. The highest BCUT2D eigenvalue weighted by molar-refractivity contribution is 8.13. The maximum atomic E-state index is 8.54. The number of rotatable bonds is 2. The van der Waals surface area contributed by atoms with Crippen molar-refractivity contribution in [1.82, 2.24) is 5.32 Å². The van der Waals surface area contributed by atoms with E-state index in [1.54, 1.807) is 0 Å². The third kappa shape index (κ3) is 4.35. The van der Waals surface area contributed by atoms with E-state index in [1.807, 2.05) is 24.2 Å². The van der Waals surface area contributed by atoms with Gasteiger partial charge in [0.25, 0.3) is 0 Å². The molecule has 0 radical (unpaired) electrons. The van der Waals surface area contributed by atoms with Gasteiger partial charge < -0.3 is 0 Å². The lowest BCUT2D eigenvalue weighted by Gasteiger charge is -2.25. The maximum Gasteiger partial charge on any atom is 0.183 e. The zero-order valence-corrected chi connectivity index (χ0v) is 10.8. The molecule has 3 nitrogen and oxygen atoms in total. The van der Waals surface area contributed by atoms with Crippen LogP contribution in [-0.2, 0) is 0 Å². The zero-order chi connectivity index (χ0) is 11.1. The first-order valence-corrected chi connectivity index (χ1v) is 7.61. The van der Waals surface area contributed by atoms with Crippen LogP contribution in [0.25, 0.3) is 0 Å². The molecule has 2 atom stereocenters. The van der Waals surface area contributed by atoms with Crippen LogP contribution in [-0.4, -0.2) is 29.0 Å². The first-order chi connectivity index (χ1) is 7.30. The van der Waals surface area contributed by atoms with Crippen LogP contribution in [0.1, 0.15) is 25.7 Å². The van der Waals surface area contributed by atoms with Gasteiger partial charge in [0, 0.05) is 5.25 Å². The van der Waals surface area contributed by atoms with Gasteiger partial charge in [0.1, 0.15) is 0 Å². The summed E-state index contributed by atoms with van der Waals surface area (Å²) in [6, 6.07) is 0.402. The monoisotopic (exact) mass is 243 g/mol. The van der Waals surface area contributed by atoms with Crippen LogP contribution in [0.2, 0.25) is 0 Å². The van der Waals surface area contributed by atoms with E-state index in [-0.39, 0.29) is 0 Å². The van der Waals surface area contributed by atoms with Crippen LogP contribution in [0.4, 0.5) is 0 Å². The Kier molecular flexibility index (Phi) is 5.96. The molecule has 0 spiro atoms. The third-order valence-corrected chi connectivity index (χ3v) is 4.28. The van der Waals surface area contributed by atoms with Crippen LogP contribution in [0.15, 0.2) is 4.99 Å². The summed E-state index contributed by atoms with van der Waals surface area (Å²) < 4.78 is 0. The molecule has 0 saturated heterocycles. The summed E-state index contributed by atoms with van der Waals surface area (Å²) >= 11 is 3.44. The molecule has 0 heterocycles. The van der Waals surface area contributed by atoms with E-state index in [1.165, 1.54) is 24.6 Å². The van der Waals surface area contributed by atoms with Crippen LogP contribution in [0.3, 0.4) is 0 Å². The van der Waals surface area contributed by atoms with E-state index in [2.05, 4.69) is 16.6 Å². The molecule has 1 saturated carbocycles. The van der Waals surface area contributed by atoms with Crippen molar-refractivity contribution < 1.29 is 0 Å². The van der Waals surface area contributed by atoms with Crippen molar-refractivity contribution in [2.24, 2.45) is 4.99 Å². The standard InChI is InChI=1S/C10H17N3S2/c1-14-9-5-3-4-8(6-9)13-10(15-2)12-7-11/h8-9H,3-6H2,1-2H3,(H,12,13). The van der Waals surface area contributed by atoms with Crippen LogP contribution in [0.5, 0.6) is 0 Å². The highest BCUT2D eigenvalue weighted by Crippen LogP contribution is 2.28. The second-order valence-corrected chi connectivity index (χ2v) is 5.49. The zero-order valence-electron chi connectivity index (χ0n) is 9.19. The summed E-state index contributed by atoms with van der Waals surface area (Å²) in [6.45, 7) is 0. The van der Waals surface area contributed by atoms with Gasteiger partial charge in [-0.2, -0.15) is 17.0 Å². The summed E-state index contributed by atoms with van der Waals surface area (Å²) in [5.74, 6) is 0. The van der Waals surface area contributed by atoms with E-state index in [9.17, 15) is 0 Å². The molecule has 15 heavy (non-hydrogen) atoms. The minimum Gasteiger partial charge on any atom is -0.272 e. The first kappa shape index (κ1) is 12.7. The van der Waals surface area contributed by atoms with Gasteiger partial charge in [0.15, 0.2) is 11.4 Å². The Bertz CT molecular complexity index is 260. The van der Waals surface area contributed by atoms with Gasteiger partial charge in [-0.15, -0.1) is 0 Å². The minimum atomic E-state index is 0.402. The van der Waals surface area contributed by atoms with Crippen LogP contribution in [0, 0.1) is 11.5 Å². The number of nitrogens with zero attached hydrogens (tertiary/aromatic N) is 2. The minimum absolute atomic E-state index is 0.402. The van der Waals surface area contributed by atoms with Crippen LogP contribution >= 0.6 is 23.5 Å². The topological polar surface area (TPSA) is 48.2 Å². The average Bonchev–Trinajstić information content (AvgIpc) is 2.29. The van der Waals surface area contributed by atoms with E-state index in [4.69, 9.17) is 5.26 Å². The molecule has 5 heteroatoms. The number of nitrogens with one attached hydrogen (secondary N) is 1. The summed E-state index contributed by atoms with van der Waals surface area (Å²) in [5.41, 5.74) is 0. The van der Waals surface area contributed by atoms with Gasteiger partial charge in [-0.1, -0.05) is 18.2 Å². The molecule has 2 unspecified atom stereocenters. The molecule has 0 bridgehead atoms. The molecule has 0 aromatic carbocycles. The fourth-order valence-corrected chi connectivity index (χ4v) is 3.02. The second kappa shape index (κ2) is 7.02. The average molecular weight is 243 g/mol. The van der Waals surface area contributed by atoms with E-state index in [0.29, 0.717) is 6.04 Å². The lowest BCUT2D eigenvalue weighted by Crippen LogP contribution is -2.23. The van der Waals surface area contributed by atoms with Gasteiger partial charge in [0.2, 0.25) is 0 Å². The fraction of sp³-hybridized carbons (Fsp3) is 0.800. The Balaban J connectivity index is 2.52. The van der Waals surface area contributed by atoms with Gasteiger partial charge in [-0.25, -0.2) is 0 Å². The SMILES string of the molecule is CSC(=NC1CCCC(SC)C1)NC#N. The normalized spacial score (nSPS) is 27.1. The Morgan fingerprint density at radius 1 is 1.47 bits per heavy atom. The number of hydrogen-bond acceptors (Lipinski definition) is 4. The predicted molar refractivity (Wildman–Crippen MR) is 69.3 cm³/mol. The number of thioether (sulfide) groups is 2. The van der Waals surface area contributed by atoms with Crippen molar-refractivity contribution in [3.05, 3.63) is 0 Å². The summed E-state index contributed by atoms with van der Waals surface area (Å²) in [5, 5.41) is 12.7. The molecule has 1 rings (SSSR count). The van der Waals surface area contributed by atoms with Crippen molar-refractivity contribution in [3.8, 4) is 6.19 Å². The highest BCUT2D eigenvalue weighted by Gasteiger charge is 2.20. The molecule has 1 aliphatic carbocycles. The summed E-state index contributed by atoms with van der Waals surface area (Å²) in [4.78, 5) is 4.57. The number of aliphatic imine (C=N–C) groups is 1. The van der Waals surface area contributed by atoms with Crippen molar-refractivity contribution in [1.29, 1.82) is 5.26 Å². The Hall–Kier alpha value is -0.340. The molecule has 84 valence electrons. The van der Waals surface area contributed by atoms with E-state index in [0.717, 1.165) is 23.3 Å². The molecule has 1 N–H and O–H groups in total. The molecule has 1 fully saturated rings. The Labute approximate surface area is 100 Å². The molecule has 0 aromatic heterocycles. The van der Waals surface area contributed by atoms with Crippen molar-refractivity contribution in [2.75, 3.05) is 12.5 Å². The second-order valence-electron chi connectivity index (χ2n) is 3.55. The van der Waals surface area contributed by atoms with E-state index >= 15 is 0 Å². The van der Waals surface area contributed by atoms with Gasteiger partial charge in [-0.05, 0) is 31.8 Å². The number of amidine groups is 1. The lowest BCUT2D eigenvalue weighted by atomic mass is 9.95. The maximum absolute atomic E-state index is 8.54. The van der Waals surface area contributed by atoms with Crippen molar-refractivity contribution in [3.63, 3.8) is 0 Å².